The van der Waals surface area contributed by atoms with Crippen molar-refractivity contribution in [2.24, 2.45) is 0 Å². The van der Waals surface area contributed by atoms with Crippen LogP contribution in [0.3, 0.4) is 0 Å². The molecule has 0 aliphatic heterocycles. The van der Waals surface area contributed by atoms with Gasteiger partial charge >= 0.3 is 0 Å². The molecular weight excluding hydrogens is 166 g/mol. The zero-order valence-corrected chi connectivity index (χ0v) is 7.19. The second kappa shape index (κ2) is 2.94. The van der Waals surface area contributed by atoms with Crippen LogP contribution in [-0.4, -0.2) is 10.1 Å². The highest BCUT2D eigenvalue weighted by Gasteiger charge is 2.05. The minimum atomic E-state index is 0.236. The van der Waals surface area contributed by atoms with Gasteiger partial charge in [0.1, 0.15) is 17.2 Å². The van der Waals surface area contributed by atoms with Gasteiger partial charge in [-0.2, -0.15) is 0 Å². The molecule has 0 radical (unpaired) electrons. The number of oxazole rings is 1. The molecule has 0 amide bonds. The Balaban J connectivity index is 2.53. The molecule has 3 heteroatoms. The van der Waals surface area contributed by atoms with Crippen molar-refractivity contribution in [3.63, 3.8) is 0 Å². The summed E-state index contributed by atoms with van der Waals surface area (Å²) in [6.07, 6.45) is 1.40. The zero-order chi connectivity index (χ0) is 9.26. The molecule has 3 nitrogen and oxygen atoms in total. The summed E-state index contributed by atoms with van der Waals surface area (Å²) in [5.41, 5.74) is 1.64. The van der Waals surface area contributed by atoms with E-state index in [1.807, 2.05) is 13.0 Å². The van der Waals surface area contributed by atoms with Crippen LogP contribution in [0.25, 0.3) is 11.3 Å². The second-order valence-electron chi connectivity index (χ2n) is 2.81. The van der Waals surface area contributed by atoms with Crippen LogP contribution in [0.4, 0.5) is 0 Å². The van der Waals surface area contributed by atoms with Gasteiger partial charge in [0.2, 0.25) is 0 Å². The molecule has 0 saturated carbocycles. The van der Waals surface area contributed by atoms with Gasteiger partial charge in [-0.3, -0.25) is 0 Å². The van der Waals surface area contributed by atoms with Crippen LogP contribution in [0.1, 0.15) is 5.76 Å². The summed E-state index contributed by atoms with van der Waals surface area (Å²) in [6.45, 7) is 1.84. The predicted molar refractivity (Wildman–Crippen MR) is 48.3 cm³/mol. The fraction of sp³-hybridized carbons (Fsp3) is 0.100. The molecule has 0 unspecified atom stereocenters. The number of hydrogen-bond acceptors (Lipinski definition) is 3. The van der Waals surface area contributed by atoms with Crippen molar-refractivity contribution in [3.8, 4) is 17.0 Å². The Morgan fingerprint density at radius 1 is 1.38 bits per heavy atom. The molecule has 2 aromatic rings. The molecule has 0 atom stereocenters. The van der Waals surface area contributed by atoms with Crippen LogP contribution < -0.4 is 0 Å². The van der Waals surface area contributed by atoms with Crippen molar-refractivity contribution in [1.29, 1.82) is 0 Å². The molecule has 0 aliphatic rings. The molecule has 2 rings (SSSR count). The first-order valence-electron chi connectivity index (χ1n) is 3.97. The van der Waals surface area contributed by atoms with Crippen molar-refractivity contribution in [3.05, 3.63) is 36.4 Å². The highest BCUT2D eigenvalue weighted by molar-refractivity contribution is 5.62. The Hall–Kier alpha value is -1.77. The Morgan fingerprint density at radius 3 is 2.85 bits per heavy atom. The molecule has 0 aliphatic carbocycles. The van der Waals surface area contributed by atoms with Gasteiger partial charge < -0.3 is 9.52 Å². The van der Waals surface area contributed by atoms with Crippen LogP contribution in [0.15, 0.2) is 35.1 Å². The second-order valence-corrected chi connectivity index (χ2v) is 2.81. The molecular formula is C10H9NO2. The molecule has 0 spiro atoms. The largest absolute Gasteiger partial charge is 0.508 e. The summed E-state index contributed by atoms with van der Waals surface area (Å²) in [5.74, 6) is 0.991. The molecule has 0 fully saturated rings. The van der Waals surface area contributed by atoms with E-state index >= 15 is 0 Å². The third-order valence-electron chi connectivity index (χ3n) is 1.86. The number of phenolic OH excluding ortho intramolecular Hbond substituents is 1. The number of aryl methyl sites for hydroxylation is 1. The lowest BCUT2D eigenvalue weighted by Crippen LogP contribution is -1.79. The average Bonchev–Trinajstić information content (AvgIpc) is 2.51. The number of benzene rings is 1. The molecule has 0 bridgehead atoms. The number of aromatic nitrogens is 1. The fourth-order valence-corrected chi connectivity index (χ4v) is 1.24. The lowest BCUT2D eigenvalue weighted by molar-refractivity contribution is 0.475. The first-order valence-corrected chi connectivity index (χ1v) is 3.97. The maximum atomic E-state index is 9.24. The SMILES string of the molecule is Cc1ocnc1-c1cccc(O)c1. The Kier molecular flexibility index (Phi) is 1.77. The summed E-state index contributed by atoms with van der Waals surface area (Å²) in [5, 5.41) is 9.24. The quantitative estimate of drug-likeness (QED) is 0.723. The molecule has 0 saturated heterocycles. The Bertz CT molecular complexity index is 420. The minimum Gasteiger partial charge on any atom is -0.508 e. The van der Waals surface area contributed by atoms with E-state index in [0.717, 1.165) is 17.0 Å². The number of rotatable bonds is 1. The number of hydrogen-bond donors (Lipinski definition) is 1. The van der Waals surface area contributed by atoms with Crippen LogP contribution in [0.2, 0.25) is 0 Å². The van der Waals surface area contributed by atoms with Crippen LogP contribution >= 0.6 is 0 Å². The first-order chi connectivity index (χ1) is 6.27. The van der Waals surface area contributed by atoms with Crippen LogP contribution in [0.5, 0.6) is 5.75 Å². The van der Waals surface area contributed by atoms with Gasteiger partial charge in [-0.05, 0) is 19.1 Å². The highest BCUT2D eigenvalue weighted by atomic mass is 16.3. The van der Waals surface area contributed by atoms with Crippen LogP contribution in [0, 0.1) is 6.92 Å². The van der Waals surface area contributed by atoms with E-state index in [2.05, 4.69) is 4.98 Å². The minimum absolute atomic E-state index is 0.236. The number of nitrogens with zero attached hydrogens (tertiary/aromatic N) is 1. The Morgan fingerprint density at radius 2 is 2.23 bits per heavy atom. The van der Waals surface area contributed by atoms with E-state index in [0.29, 0.717) is 0 Å². The molecule has 1 aromatic heterocycles. The standard InChI is InChI=1S/C10H9NO2/c1-7-10(11-6-13-7)8-3-2-4-9(12)5-8/h2-6,12H,1H3. The molecule has 13 heavy (non-hydrogen) atoms. The zero-order valence-electron chi connectivity index (χ0n) is 7.19. The molecule has 66 valence electrons. The average molecular weight is 175 g/mol. The normalized spacial score (nSPS) is 10.2. The third-order valence-corrected chi connectivity index (χ3v) is 1.86. The van der Waals surface area contributed by atoms with Gasteiger partial charge in [0.05, 0.1) is 0 Å². The molecule has 1 heterocycles. The van der Waals surface area contributed by atoms with E-state index in [4.69, 9.17) is 4.42 Å². The maximum Gasteiger partial charge on any atom is 0.181 e. The van der Waals surface area contributed by atoms with Gasteiger partial charge in [-0.15, -0.1) is 0 Å². The monoisotopic (exact) mass is 175 g/mol. The predicted octanol–water partition coefficient (Wildman–Crippen LogP) is 2.36. The topological polar surface area (TPSA) is 46.3 Å². The van der Waals surface area contributed by atoms with Gasteiger partial charge in [-0.1, -0.05) is 12.1 Å². The van der Waals surface area contributed by atoms with Gasteiger partial charge in [0, 0.05) is 5.56 Å². The van der Waals surface area contributed by atoms with Gasteiger partial charge in [0.15, 0.2) is 6.39 Å². The fourth-order valence-electron chi connectivity index (χ4n) is 1.24. The van der Waals surface area contributed by atoms with E-state index < -0.39 is 0 Å². The van der Waals surface area contributed by atoms with E-state index in [1.165, 1.54) is 6.39 Å². The summed E-state index contributed by atoms with van der Waals surface area (Å²) < 4.78 is 5.07. The van der Waals surface area contributed by atoms with E-state index in [1.54, 1.807) is 18.2 Å². The summed E-state index contributed by atoms with van der Waals surface area (Å²) >= 11 is 0. The molecule has 1 aromatic carbocycles. The lowest BCUT2D eigenvalue weighted by atomic mass is 10.1. The highest BCUT2D eigenvalue weighted by Crippen LogP contribution is 2.24. The van der Waals surface area contributed by atoms with Crippen molar-refractivity contribution in [1.82, 2.24) is 4.98 Å². The van der Waals surface area contributed by atoms with Crippen molar-refractivity contribution in [2.75, 3.05) is 0 Å². The summed E-state index contributed by atoms with van der Waals surface area (Å²) in [4.78, 5) is 4.05. The Labute approximate surface area is 75.7 Å². The molecule has 1 N–H and O–H groups in total. The van der Waals surface area contributed by atoms with Crippen molar-refractivity contribution in [2.45, 2.75) is 6.92 Å². The third kappa shape index (κ3) is 1.40. The summed E-state index contributed by atoms with van der Waals surface area (Å²) in [6, 6.07) is 6.94. The number of aromatic hydroxyl groups is 1. The smallest absolute Gasteiger partial charge is 0.181 e. The summed E-state index contributed by atoms with van der Waals surface area (Å²) in [7, 11) is 0. The first kappa shape index (κ1) is 7.86. The van der Waals surface area contributed by atoms with Crippen LogP contribution in [-0.2, 0) is 0 Å². The lowest BCUT2D eigenvalue weighted by Gasteiger charge is -1.97. The van der Waals surface area contributed by atoms with E-state index in [9.17, 15) is 5.11 Å². The maximum absolute atomic E-state index is 9.24. The van der Waals surface area contributed by atoms with Crippen molar-refractivity contribution >= 4 is 0 Å². The number of phenols is 1. The van der Waals surface area contributed by atoms with Gasteiger partial charge in [0.25, 0.3) is 0 Å². The van der Waals surface area contributed by atoms with E-state index in [-0.39, 0.29) is 5.75 Å². The van der Waals surface area contributed by atoms with Gasteiger partial charge in [-0.25, -0.2) is 4.98 Å². The van der Waals surface area contributed by atoms with Crippen molar-refractivity contribution < 1.29 is 9.52 Å².